The van der Waals surface area contributed by atoms with Crippen LogP contribution in [0.4, 0.5) is 17.3 Å². The summed E-state index contributed by atoms with van der Waals surface area (Å²) in [4.78, 5) is 33.8. The summed E-state index contributed by atoms with van der Waals surface area (Å²) in [6.07, 6.45) is 1.46. The molecule has 0 spiro atoms. The fourth-order valence-corrected chi connectivity index (χ4v) is 3.77. The summed E-state index contributed by atoms with van der Waals surface area (Å²) >= 11 is 0. The van der Waals surface area contributed by atoms with E-state index >= 15 is 0 Å². The normalized spacial score (nSPS) is 14.2. The number of fused-ring (bicyclic) bond motifs is 1. The van der Waals surface area contributed by atoms with Gasteiger partial charge in [0.2, 0.25) is 5.91 Å². The number of rotatable bonds is 5. The topological polar surface area (TPSA) is 114 Å². The second-order valence-corrected chi connectivity index (χ2v) is 7.60. The van der Waals surface area contributed by atoms with E-state index in [1.165, 1.54) is 16.4 Å². The zero-order valence-electron chi connectivity index (χ0n) is 17.5. The molecule has 4 aromatic rings. The van der Waals surface area contributed by atoms with Gasteiger partial charge in [0.15, 0.2) is 11.5 Å². The summed E-state index contributed by atoms with van der Waals surface area (Å²) in [5.41, 5.74) is 1.22. The van der Waals surface area contributed by atoms with Crippen molar-refractivity contribution in [3.05, 3.63) is 65.0 Å². The van der Waals surface area contributed by atoms with E-state index in [1.54, 1.807) is 19.1 Å². The minimum absolute atomic E-state index is 0.239. The molecule has 3 aromatic heterocycles. The molecule has 0 bridgehead atoms. The molecule has 0 unspecified atom stereocenters. The van der Waals surface area contributed by atoms with E-state index in [0.717, 1.165) is 36.7 Å². The Morgan fingerprint density at radius 1 is 1.09 bits per heavy atom. The van der Waals surface area contributed by atoms with E-state index in [1.807, 2.05) is 18.2 Å². The highest BCUT2D eigenvalue weighted by atomic mass is 16.5. The highest BCUT2D eigenvalue weighted by Crippen LogP contribution is 2.19. The number of amides is 1. The molecule has 4 heterocycles. The molecule has 1 aromatic carbocycles. The van der Waals surface area contributed by atoms with E-state index in [-0.39, 0.29) is 6.54 Å². The smallest absolute Gasteiger partial charge is 0.352 e. The third kappa shape index (κ3) is 3.92. The molecule has 0 saturated carbocycles. The van der Waals surface area contributed by atoms with Crippen molar-refractivity contribution in [3.8, 4) is 0 Å². The van der Waals surface area contributed by atoms with Crippen molar-refractivity contribution in [2.45, 2.75) is 13.5 Å². The molecule has 5 rings (SSSR count). The summed E-state index contributed by atoms with van der Waals surface area (Å²) in [6.45, 7) is 4.85. The standard InChI is InChI=1S/C21H22N8O3/c1-15-11-17(25-32-15)23-20(30)13-29-21(31)28-14-22-18(12-19(28)24-29)27-9-7-26(8-10-27)16-5-3-2-4-6-16/h2-6,11-12,14H,7-10,13H2,1H3,(H,23,25,30). The fourth-order valence-electron chi connectivity index (χ4n) is 3.77. The minimum atomic E-state index is -0.431. The lowest BCUT2D eigenvalue weighted by Gasteiger charge is -2.36. The van der Waals surface area contributed by atoms with Crippen molar-refractivity contribution < 1.29 is 9.32 Å². The fraction of sp³-hybridized carbons (Fsp3) is 0.286. The number of anilines is 3. The first-order valence-corrected chi connectivity index (χ1v) is 10.3. The Morgan fingerprint density at radius 3 is 2.56 bits per heavy atom. The zero-order valence-corrected chi connectivity index (χ0v) is 17.5. The zero-order chi connectivity index (χ0) is 22.1. The molecular weight excluding hydrogens is 412 g/mol. The molecule has 32 heavy (non-hydrogen) atoms. The number of carbonyl (C=O) groups excluding carboxylic acids is 1. The third-order valence-electron chi connectivity index (χ3n) is 5.37. The number of carbonyl (C=O) groups is 1. The maximum absolute atomic E-state index is 12.6. The first kappa shape index (κ1) is 19.8. The average molecular weight is 434 g/mol. The highest BCUT2D eigenvalue weighted by Gasteiger charge is 2.20. The lowest BCUT2D eigenvalue weighted by Crippen LogP contribution is -2.46. The lowest BCUT2D eigenvalue weighted by atomic mass is 10.2. The molecule has 1 N–H and O–H groups in total. The molecule has 1 fully saturated rings. The van der Waals surface area contributed by atoms with Crippen molar-refractivity contribution in [1.29, 1.82) is 0 Å². The Bertz CT molecular complexity index is 1300. The predicted octanol–water partition coefficient (Wildman–Crippen LogP) is 1.15. The van der Waals surface area contributed by atoms with Crippen LogP contribution in [0.25, 0.3) is 5.65 Å². The first-order chi connectivity index (χ1) is 15.6. The first-order valence-electron chi connectivity index (χ1n) is 10.3. The predicted molar refractivity (Wildman–Crippen MR) is 118 cm³/mol. The number of hydrogen-bond donors (Lipinski definition) is 1. The van der Waals surface area contributed by atoms with Gasteiger partial charge in [0.1, 0.15) is 24.5 Å². The minimum Gasteiger partial charge on any atom is -0.368 e. The van der Waals surface area contributed by atoms with Gasteiger partial charge in [-0.2, -0.15) is 0 Å². The summed E-state index contributed by atoms with van der Waals surface area (Å²) in [7, 11) is 0. The summed E-state index contributed by atoms with van der Waals surface area (Å²) in [6, 6.07) is 13.7. The molecule has 11 nitrogen and oxygen atoms in total. The van der Waals surface area contributed by atoms with Crippen molar-refractivity contribution >= 4 is 28.9 Å². The van der Waals surface area contributed by atoms with Gasteiger partial charge in [-0.05, 0) is 19.1 Å². The van der Waals surface area contributed by atoms with Crippen molar-refractivity contribution in [3.63, 3.8) is 0 Å². The maximum atomic E-state index is 12.6. The Hall–Kier alpha value is -4.15. The molecule has 1 aliphatic heterocycles. The van der Waals surface area contributed by atoms with Gasteiger partial charge >= 0.3 is 5.69 Å². The molecule has 11 heteroatoms. The van der Waals surface area contributed by atoms with Crippen LogP contribution in [0.3, 0.4) is 0 Å². The summed E-state index contributed by atoms with van der Waals surface area (Å²) < 4.78 is 7.36. The Labute approximate surface area is 182 Å². The van der Waals surface area contributed by atoms with Crippen LogP contribution in [0, 0.1) is 6.92 Å². The van der Waals surface area contributed by atoms with Crippen LogP contribution in [0.1, 0.15) is 5.76 Å². The van der Waals surface area contributed by atoms with Gasteiger partial charge in [0.05, 0.1) is 0 Å². The Balaban J connectivity index is 1.28. The Morgan fingerprint density at radius 2 is 1.84 bits per heavy atom. The van der Waals surface area contributed by atoms with Crippen molar-refractivity contribution in [2.75, 3.05) is 41.3 Å². The van der Waals surface area contributed by atoms with E-state index in [4.69, 9.17) is 4.52 Å². The van der Waals surface area contributed by atoms with Crippen molar-refractivity contribution in [2.24, 2.45) is 0 Å². The second kappa shape index (κ2) is 8.17. The molecule has 1 aliphatic rings. The van der Waals surface area contributed by atoms with Crippen LogP contribution in [0.2, 0.25) is 0 Å². The Kier molecular flexibility index (Phi) is 5.06. The largest absolute Gasteiger partial charge is 0.368 e. The van der Waals surface area contributed by atoms with Crippen LogP contribution in [-0.4, -0.2) is 56.4 Å². The summed E-state index contributed by atoms with van der Waals surface area (Å²) in [5.74, 6) is 1.20. The summed E-state index contributed by atoms with van der Waals surface area (Å²) in [5, 5.41) is 10.6. The maximum Gasteiger partial charge on any atom is 0.352 e. The van der Waals surface area contributed by atoms with Crippen molar-refractivity contribution in [1.82, 2.24) is 24.3 Å². The molecule has 0 atom stereocenters. The number of aromatic nitrogens is 5. The molecule has 1 saturated heterocycles. The molecular formula is C21H22N8O3. The lowest BCUT2D eigenvalue weighted by molar-refractivity contribution is -0.117. The number of nitrogens with one attached hydrogen (secondary N) is 1. The molecule has 0 aliphatic carbocycles. The average Bonchev–Trinajstić information content (AvgIpc) is 3.36. The quantitative estimate of drug-likeness (QED) is 0.498. The second-order valence-electron chi connectivity index (χ2n) is 7.60. The van der Waals surface area contributed by atoms with Crippen LogP contribution in [0.5, 0.6) is 0 Å². The van der Waals surface area contributed by atoms with E-state index in [2.05, 4.69) is 42.5 Å². The van der Waals surface area contributed by atoms with Crippen LogP contribution >= 0.6 is 0 Å². The highest BCUT2D eigenvalue weighted by molar-refractivity contribution is 5.89. The van der Waals surface area contributed by atoms with E-state index in [9.17, 15) is 9.59 Å². The number of nitrogens with zero attached hydrogens (tertiary/aromatic N) is 7. The van der Waals surface area contributed by atoms with Gasteiger partial charge in [0.25, 0.3) is 0 Å². The molecule has 164 valence electrons. The molecule has 0 radical (unpaired) electrons. The van der Waals surface area contributed by atoms with Crippen LogP contribution in [0.15, 0.2) is 58.1 Å². The van der Waals surface area contributed by atoms with Gasteiger partial charge in [-0.3, -0.25) is 4.79 Å². The van der Waals surface area contributed by atoms with Gasteiger partial charge in [-0.25, -0.2) is 18.9 Å². The number of aryl methyl sites for hydroxylation is 1. The van der Waals surface area contributed by atoms with E-state index in [0.29, 0.717) is 17.2 Å². The number of para-hydroxylation sites is 1. The number of hydrogen-bond acceptors (Lipinski definition) is 8. The van der Waals surface area contributed by atoms with Crippen LogP contribution < -0.4 is 20.8 Å². The molecule has 1 amide bonds. The number of piperazine rings is 1. The third-order valence-corrected chi connectivity index (χ3v) is 5.37. The SMILES string of the molecule is Cc1cc(NC(=O)Cn2nc3cc(N4CCN(c5ccccc5)CC4)ncn3c2=O)no1. The van der Waals surface area contributed by atoms with Crippen LogP contribution in [-0.2, 0) is 11.3 Å². The van der Waals surface area contributed by atoms with Gasteiger partial charge in [-0.15, -0.1) is 5.10 Å². The monoisotopic (exact) mass is 434 g/mol. The number of benzene rings is 1. The van der Waals surface area contributed by atoms with Gasteiger partial charge < -0.3 is 19.6 Å². The van der Waals surface area contributed by atoms with Gasteiger partial charge in [0, 0.05) is 44.0 Å². The van der Waals surface area contributed by atoms with Gasteiger partial charge in [-0.1, -0.05) is 23.4 Å². The van der Waals surface area contributed by atoms with E-state index < -0.39 is 11.6 Å².